The van der Waals surface area contributed by atoms with Gasteiger partial charge < -0.3 is 15.4 Å². The highest BCUT2D eigenvalue weighted by molar-refractivity contribution is 7.80. The summed E-state index contributed by atoms with van der Waals surface area (Å²) in [7, 11) is 0. The second-order valence-electron chi connectivity index (χ2n) is 4.09. The summed E-state index contributed by atoms with van der Waals surface area (Å²) in [6, 6.07) is 3.18. The van der Waals surface area contributed by atoms with Gasteiger partial charge in [0.1, 0.15) is 11.6 Å². The zero-order chi connectivity index (χ0) is 13.0. The molecule has 0 radical (unpaired) electrons. The van der Waals surface area contributed by atoms with Gasteiger partial charge in [0.05, 0.1) is 11.8 Å². The van der Waals surface area contributed by atoms with Crippen LogP contribution in [0.3, 0.4) is 0 Å². The Morgan fingerprint density at radius 1 is 1.44 bits per heavy atom. The first-order valence-electron chi connectivity index (χ1n) is 5.76. The fourth-order valence-corrected chi connectivity index (χ4v) is 1.96. The van der Waals surface area contributed by atoms with Crippen molar-refractivity contribution in [3.8, 4) is 0 Å². The molecule has 1 heterocycles. The molecule has 0 amide bonds. The SMILES string of the molecule is Fc1ccc(F)c(NC(=S)NC[C@H]2CCCO2)c1. The van der Waals surface area contributed by atoms with E-state index >= 15 is 0 Å². The van der Waals surface area contributed by atoms with Crippen LogP contribution in [-0.2, 0) is 4.74 Å². The van der Waals surface area contributed by atoms with Crippen LogP contribution in [0.4, 0.5) is 14.5 Å². The normalized spacial score (nSPS) is 18.7. The lowest BCUT2D eigenvalue weighted by atomic mass is 10.2. The third-order valence-electron chi connectivity index (χ3n) is 2.69. The molecule has 1 aromatic rings. The minimum absolute atomic E-state index is 0.0276. The van der Waals surface area contributed by atoms with Crippen LogP contribution in [0, 0.1) is 11.6 Å². The van der Waals surface area contributed by atoms with Crippen molar-refractivity contribution >= 4 is 23.0 Å². The summed E-state index contributed by atoms with van der Waals surface area (Å²) in [4.78, 5) is 0. The summed E-state index contributed by atoms with van der Waals surface area (Å²) >= 11 is 5.01. The lowest BCUT2D eigenvalue weighted by Crippen LogP contribution is -2.35. The molecule has 1 saturated heterocycles. The highest BCUT2D eigenvalue weighted by Crippen LogP contribution is 2.15. The highest BCUT2D eigenvalue weighted by atomic mass is 32.1. The summed E-state index contributed by atoms with van der Waals surface area (Å²) in [6.07, 6.45) is 2.18. The average molecular weight is 272 g/mol. The van der Waals surface area contributed by atoms with Crippen LogP contribution in [0.5, 0.6) is 0 Å². The molecule has 0 bridgehead atoms. The second kappa shape index (κ2) is 6.06. The maximum Gasteiger partial charge on any atom is 0.170 e. The molecule has 0 saturated carbocycles. The molecule has 1 aromatic carbocycles. The van der Waals surface area contributed by atoms with Crippen molar-refractivity contribution in [3.63, 3.8) is 0 Å². The maximum absolute atomic E-state index is 13.3. The molecular formula is C12H14F2N2OS. The van der Waals surface area contributed by atoms with Crippen LogP contribution in [-0.4, -0.2) is 24.4 Å². The van der Waals surface area contributed by atoms with Gasteiger partial charge in [0.2, 0.25) is 0 Å². The fourth-order valence-electron chi connectivity index (χ4n) is 1.77. The molecule has 0 aromatic heterocycles. The van der Waals surface area contributed by atoms with Crippen molar-refractivity contribution in [2.75, 3.05) is 18.5 Å². The first-order chi connectivity index (χ1) is 8.65. The minimum Gasteiger partial charge on any atom is -0.376 e. The third-order valence-corrected chi connectivity index (χ3v) is 2.94. The van der Waals surface area contributed by atoms with Gasteiger partial charge in [-0.3, -0.25) is 0 Å². The van der Waals surface area contributed by atoms with E-state index in [4.69, 9.17) is 17.0 Å². The van der Waals surface area contributed by atoms with E-state index in [2.05, 4.69) is 10.6 Å². The average Bonchev–Trinajstić information content (AvgIpc) is 2.84. The fraction of sp³-hybridized carbons (Fsp3) is 0.417. The van der Waals surface area contributed by atoms with Crippen LogP contribution >= 0.6 is 12.2 Å². The number of rotatable bonds is 3. The molecule has 98 valence electrons. The molecule has 1 fully saturated rings. The monoisotopic (exact) mass is 272 g/mol. The number of thiocarbonyl (C=S) groups is 1. The Morgan fingerprint density at radius 3 is 3.00 bits per heavy atom. The highest BCUT2D eigenvalue weighted by Gasteiger charge is 2.15. The van der Waals surface area contributed by atoms with E-state index in [1.165, 1.54) is 0 Å². The molecule has 2 rings (SSSR count). The van der Waals surface area contributed by atoms with Crippen LogP contribution < -0.4 is 10.6 Å². The van der Waals surface area contributed by atoms with Gasteiger partial charge in [0.15, 0.2) is 5.11 Å². The third kappa shape index (κ3) is 3.61. The summed E-state index contributed by atoms with van der Waals surface area (Å²) in [5, 5.41) is 5.81. The zero-order valence-corrected chi connectivity index (χ0v) is 10.5. The van der Waals surface area contributed by atoms with E-state index in [9.17, 15) is 8.78 Å². The first-order valence-corrected chi connectivity index (χ1v) is 6.17. The van der Waals surface area contributed by atoms with Gasteiger partial charge in [0.25, 0.3) is 0 Å². The molecule has 18 heavy (non-hydrogen) atoms. The van der Waals surface area contributed by atoms with Crippen molar-refractivity contribution in [1.29, 1.82) is 0 Å². The number of hydrogen-bond acceptors (Lipinski definition) is 2. The Labute approximate surface area is 110 Å². The molecule has 1 aliphatic heterocycles. The maximum atomic E-state index is 13.3. The molecule has 3 nitrogen and oxygen atoms in total. The van der Waals surface area contributed by atoms with Crippen molar-refractivity contribution in [2.24, 2.45) is 0 Å². The van der Waals surface area contributed by atoms with E-state index in [1.807, 2.05) is 0 Å². The molecule has 0 unspecified atom stereocenters. The number of hydrogen-bond donors (Lipinski definition) is 2. The summed E-state index contributed by atoms with van der Waals surface area (Å²) in [6.45, 7) is 1.34. The Morgan fingerprint density at radius 2 is 2.28 bits per heavy atom. The Kier molecular flexibility index (Phi) is 4.43. The number of ether oxygens (including phenoxy) is 1. The number of anilines is 1. The topological polar surface area (TPSA) is 33.3 Å². The van der Waals surface area contributed by atoms with Gasteiger partial charge in [-0.25, -0.2) is 8.78 Å². The quantitative estimate of drug-likeness (QED) is 0.828. The molecule has 0 aliphatic carbocycles. The molecule has 2 N–H and O–H groups in total. The number of benzene rings is 1. The van der Waals surface area contributed by atoms with E-state index < -0.39 is 11.6 Å². The predicted molar refractivity (Wildman–Crippen MR) is 69.6 cm³/mol. The lowest BCUT2D eigenvalue weighted by molar-refractivity contribution is 0.114. The van der Waals surface area contributed by atoms with Crippen molar-refractivity contribution < 1.29 is 13.5 Å². The van der Waals surface area contributed by atoms with Gasteiger partial charge in [-0.1, -0.05) is 0 Å². The lowest BCUT2D eigenvalue weighted by Gasteiger charge is -2.14. The minimum atomic E-state index is -0.544. The van der Waals surface area contributed by atoms with Gasteiger partial charge in [-0.2, -0.15) is 0 Å². The Hall–Kier alpha value is -1.27. The smallest absolute Gasteiger partial charge is 0.170 e. The van der Waals surface area contributed by atoms with Gasteiger partial charge >= 0.3 is 0 Å². The van der Waals surface area contributed by atoms with Crippen LogP contribution in [0.25, 0.3) is 0 Å². The summed E-state index contributed by atoms with van der Waals surface area (Å²) in [5.74, 6) is -1.06. The molecule has 0 spiro atoms. The zero-order valence-electron chi connectivity index (χ0n) is 9.71. The van der Waals surface area contributed by atoms with Crippen LogP contribution in [0.2, 0.25) is 0 Å². The summed E-state index contributed by atoms with van der Waals surface area (Å²) < 4.78 is 31.7. The molecule has 1 aliphatic rings. The molecule has 1 atom stereocenters. The van der Waals surface area contributed by atoms with Crippen molar-refractivity contribution in [1.82, 2.24) is 5.32 Å². The van der Waals surface area contributed by atoms with Crippen molar-refractivity contribution in [3.05, 3.63) is 29.8 Å². The second-order valence-corrected chi connectivity index (χ2v) is 4.50. The number of nitrogens with one attached hydrogen (secondary N) is 2. The van der Waals surface area contributed by atoms with Crippen molar-refractivity contribution in [2.45, 2.75) is 18.9 Å². The van der Waals surface area contributed by atoms with Crippen LogP contribution in [0.15, 0.2) is 18.2 Å². The predicted octanol–water partition coefficient (Wildman–Crippen LogP) is 2.43. The number of halogens is 2. The first kappa shape index (κ1) is 13.2. The summed E-state index contributed by atoms with van der Waals surface area (Å²) in [5.41, 5.74) is 0.0276. The largest absolute Gasteiger partial charge is 0.376 e. The van der Waals surface area contributed by atoms with Gasteiger partial charge in [0, 0.05) is 19.2 Å². The Balaban J connectivity index is 1.84. The van der Waals surface area contributed by atoms with Gasteiger partial charge in [-0.05, 0) is 37.2 Å². The van der Waals surface area contributed by atoms with E-state index in [0.717, 1.165) is 37.6 Å². The van der Waals surface area contributed by atoms with E-state index in [0.29, 0.717) is 6.54 Å². The van der Waals surface area contributed by atoms with Crippen LogP contribution in [0.1, 0.15) is 12.8 Å². The standard InChI is InChI=1S/C12H14F2N2OS/c13-8-3-4-10(14)11(6-8)16-12(18)15-7-9-2-1-5-17-9/h3-4,6,9H,1-2,5,7H2,(H2,15,16,18)/t9-/m1/s1. The molecular weight excluding hydrogens is 258 g/mol. The van der Waals surface area contributed by atoms with Gasteiger partial charge in [-0.15, -0.1) is 0 Å². The van der Waals surface area contributed by atoms with E-state index in [1.54, 1.807) is 0 Å². The Bertz CT molecular complexity index is 436. The van der Waals surface area contributed by atoms with E-state index in [-0.39, 0.29) is 16.9 Å². The molecule has 6 heteroatoms.